The predicted octanol–water partition coefficient (Wildman–Crippen LogP) is 3.84. The number of amides is 1. The van der Waals surface area contributed by atoms with Gasteiger partial charge >= 0.3 is 0 Å². The number of nitrogens with one attached hydrogen (secondary N) is 1. The van der Waals surface area contributed by atoms with Gasteiger partial charge in [0.1, 0.15) is 0 Å². The molecule has 2 rings (SSSR count). The van der Waals surface area contributed by atoms with Gasteiger partial charge < -0.3 is 5.32 Å². The molecule has 2 aromatic rings. The highest BCUT2D eigenvalue weighted by molar-refractivity contribution is 7.91. The van der Waals surface area contributed by atoms with Crippen molar-refractivity contribution in [3.63, 3.8) is 0 Å². The minimum atomic E-state index is -3.39. The van der Waals surface area contributed by atoms with Gasteiger partial charge in [0.05, 0.1) is 10.6 Å². The molecule has 0 aromatic heterocycles. The highest BCUT2D eigenvalue weighted by Crippen LogP contribution is 2.17. The highest BCUT2D eigenvalue weighted by Gasteiger charge is 2.15. The quantitative estimate of drug-likeness (QED) is 0.860. The third kappa shape index (κ3) is 5.37. The SMILES string of the molecule is Cc1cccc(NC(=O)CCCS(=O)(=O)c2ccc(Cl)cc2)c1. The van der Waals surface area contributed by atoms with E-state index in [1.807, 2.05) is 25.1 Å². The molecule has 1 amide bonds. The van der Waals surface area contributed by atoms with Gasteiger partial charge in [-0.3, -0.25) is 4.79 Å². The highest BCUT2D eigenvalue weighted by atomic mass is 35.5. The van der Waals surface area contributed by atoms with E-state index in [0.29, 0.717) is 5.02 Å². The molecule has 4 nitrogen and oxygen atoms in total. The molecule has 0 fully saturated rings. The number of hydrogen-bond acceptors (Lipinski definition) is 3. The maximum absolute atomic E-state index is 12.2. The molecule has 0 atom stereocenters. The Hall–Kier alpha value is -1.85. The molecular formula is C17H18ClNO3S. The van der Waals surface area contributed by atoms with Crippen LogP contribution in [0.4, 0.5) is 5.69 Å². The first-order chi connectivity index (χ1) is 10.9. The van der Waals surface area contributed by atoms with Crippen LogP contribution in [0, 0.1) is 6.92 Å². The van der Waals surface area contributed by atoms with E-state index in [1.54, 1.807) is 18.2 Å². The van der Waals surface area contributed by atoms with Crippen LogP contribution in [0.15, 0.2) is 53.4 Å². The van der Waals surface area contributed by atoms with Crippen LogP contribution in [0.5, 0.6) is 0 Å². The van der Waals surface area contributed by atoms with E-state index in [4.69, 9.17) is 11.6 Å². The zero-order chi connectivity index (χ0) is 16.9. The van der Waals surface area contributed by atoms with Crippen molar-refractivity contribution in [1.82, 2.24) is 0 Å². The summed E-state index contributed by atoms with van der Waals surface area (Å²) in [6.45, 7) is 1.94. The van der Waals surface area contributed by atoms with Gasteiger partial charge in [0.2, 0.25) is 5.91 Å². The summed E-state index contributed by atoms with van der Waals surface area (Å²) in [6, 6.07) is 13.5. The second-order valence-electron chi connectivity index (χ2n) is 5.29. The van der Waals surface area contributed by atoms with E-state index < -0.39 is 9.84 Å². The number of aryl methyl sites for hydroxylation is 1. The van der Waals surface area contributed by atoms with Crippen LogP contribution < -0.4 is 5.32 Å². The first-order valence-electron chi connectivity index (χ1n) is 7.22. The third-order valence-corrected chi connectivity index (χ3v) is 5.36. The molecule has 0 saturated carbocycles. The lowest BCUT2D eigenvalue weighted by Crippen LogP contribution is -2.14. The van der Waals surface area contributed by atoms with Crippen LogP contribution in [-0.4, -0.2) is 20.1 Å². The fourth-order valence-corrected chi connectivity index (χ4v) is 3.57. The molecular weight excluding hydrogens is 334 g/mol. The number of hydrogen-bond donors (Lipinski definition) is 1. The Balaban J connectivity index is 1.86. The van der Waals surface area contributed by atoms with E-state index in [2.05, 4.69) is 5.32 Å². The smallest absolute Gasteiger partial charge is 0.224 e. The molecule has 0 unspecified atom stereocenters. The van der Waals surface area contributed by atoms with Crippen LogP contribution in [0.2, 0.25) is 5.02 Å². The van der Waals surface area contributed by atoms with Crippen molar-refractivity contribution in [3.8, 4) is 0 Å². The Morgan fingerprint density at radius 1 is 1.13 bits per heavy atom. The van der Waals surface area contributed by atoms with Gasteiger partial charge in [-0.15, -0.1) is 0 Å². The Morgan fingerprint density at radius 2 is 1.83 bits per heavy atom. The van der Waals surface area contributed by atoms with Crippen LogP contribution in [-0.2, 0) is 14.6 Å². The second-order valence-corrected chi connectivity index (χ2v) is 7.84. The summed E-state index contributed by atoms with van der Waals surface area (Å²) >= 11 is 5.75. The third-order valence-electron chi connectivity index (χ3n) is 3.29. The molecule has 0 saturated heterocycles. The molecule has 0 aliphatic carbocycles. The summed E-state index contributed by atoms with van der Waals surface area (Å²) in [7, 11) is -3.39. The predicted molar refractivity (Wildman–Crippen MR) is 92.5 cm³/mol. The van der Waals surface area contributed by atoms with Crippen LogP contribution >= 0.6 is 11.6 Å². The fraction of sp³-hybridized carbons (Fsp3) is 0.235. The summed E-state index contributed by atoms with van der Waals surface area (Å²) in [5.41, 5.74) is 1.77. The molecule has 0 aliphatic heterocycles. The Labute approximate surface area is 141 Å². The summed E-state index contributed by atoms with van der Waals surface area (Å²) in [5.74, 6) is -0.266. The maximum Gasteiger partial charge on any atom is 0.224 e. The minimum absolute atomic E-state index is 0.0735. The van der Waals surface area contributed by atoms with Gasteiger partial charge in [-0.1, -0.05) is 23.7 Å². The maximum atomic E-state index is 12.2. The number of halogens is 1. The van der Waals surface area contributed by atoms with Crippen molar-refractivity contribution in [1.29, 1.82) is 0 Å². The monoisotopic (exact) mass is 351 g/mol. The van der Waals surface area contributed by atoms with Gasteiger partial charge in [-0.05, 0) is 55.3 Å². The van der Waals surface area contributed by atoms with Gasteiger partial charge in [0.25, 0.3) is 0 Å². The molecule has 0 heterocycles. The average Bonchev–Trinajstić information content (AvgIpc) is 2.47. The van der Waals surface area contributed by atoms with E-state index in [-0.39, 0.29) is 29.4 Å². The number of carbonyl (C=O) groups excluding carboxylic acids is 1. The lowest BCUT2D eigenvalue weighted by atomic mass is 10.2. The minimum Gasteiger partial charge on any atom is -0.326 e. The summed E-state index contributed by atoms with van der Waals surface area (Å²) in [4.78, 5) is 12.1. The van der Waals surface area contributed by atoms with E-state index in [1.165, 1.54) is 12.1 Å². The van der Waals surface area contributed by atoms with E-state index >= 15 is 0 Å². The number of benzene rings is 2. The number of carbonyl (C=O) groups is 1. The van der Waals surface area contributed by atoms with Gasteiger partial charge in [0.15, 0.2) is 9.84 Å². The topological polar surface area (TPSA) is 63.2 Å². The van der Waals surface area contributed by atoms with Crippen LogP contribution in [0.1, 0.15) is 18.4 Å². The zero-order valence-corrected chi connectivity index (χ0v) is 14.3. The normalized spacial score (nSPS) is 11.2. The van der Waals surface area contributed by atoms with Crippen LogP contribution in [0.25, 0.3) is 0 Å². The number of sulfone groups is 1. The number of anilines is 1. The molecule has 1 N–H and O–H groups in total. The lowest BCUT2D eigenvalue weighted by Gasteiger charge is -2.07. The summed E-state index contributed by atoms with van der Waals surface area (Å²) in [5, 5.41) is 3.25. The molecule has 23 heavy (non-hydrogen) atoms. The molecule has 6 heteroatoms. The van der Waals surface area contributed by atoms with Crippen molar-refractivity contribution < 1.29 is 13.2 Å². The molecule has 0 bridgehead atoms. The fourth-order valence-electron chi connectivity index (χ4n) is 2.13. The lowest BCUT2D eigenvalue weighted by molar-refractivity contribution is -0.116. The first-order valence-corrected chi connectivity index (χ1v) is 9.25. The van der Waals surface area contributed by atoms with Gasteiger partial charge in [-0.25, -0.2) is 8.42 Å². The van der Waals surface area contributed by atoms with Crippen molar-refractivity contribution >= 4 is 33.0 Å². The molecule has 0 spiro atoms. The van der Waals surface area contributed by atoms with Crippen molar-refractivity contribution in [3.05, 3.63) is 59.1 Å². The van der Waals surface area contributed by atoms with E-state index in [9.17, 15) is 13.2 Å². The van der Waals surface area contributed by atoms with E-state index in [0.717, 1.165) is 11.3 Å². The van der Waals surface area contributed by atoms with Crippen molar-refractivity contribution in [2.24, 2.45) is 0 Å². The van der Waals surface area contributed by atoms with Crippen molar-refractivity contribution in [2.45, 2.75) is 24.7 Å². The first kappa shape index (κ1) is 17.5. The Morgan fingerprint density at radius 3 is 2.48 bits per heavy atom. The van der Waals surface area contributed by atoms with Crippen molar-refractivity contribution in [2.75, 3.05) is 11.1 Å². The summed E-state index contributed by atoms with van der Waals surface area (Å²) < 4.78 is 24.3. The number of rotatable bonds is 6. The Bertz CT molecular complexity index is 786. The molecule has 0 aliphatic rings. The van der Waals surface area contributed by atoms with Gasteiger partial charge in [0, 0.05) is 17.1 Å². The average molecular weight is 352 g/mol. The zero-order valence-electron chi connectivity index (χ0n) is 12.8. The second kappa shape index (κ2) is 7.62. The molecule has 2 aromatic carbocycles. The Kier molecular flexibility index (Phi) is 5.80. The largest absolute Gasteiger partial charge is 0.326 e. The molecule has 122 valence electrons. The standard InChI is InChI=1S/C17H18ClNO3S/c1-13-4-2-5-15(12-13)19-17(20)6-3-11-23(21,22)16-9-7-14(18)8-10-16/h2,4-5,7-10,12H,3,6,11H2,1H3,(H,19,20). The summed E-state index contributed by atoms with van der Waals surface area (Å²) in [6.07, 6.45) is 0.420. The molecule has 0 radical (unpaired) electrons. The van der Waals surface area contributed by atoms with Gasteiger partial charge in [-0.2, -0.15) is 0 Å². The van der Waals surface area contributed by atoms with Crippen LogP contribution in [0.3, 0.4) is 0 Å².